The third kappa shape index (κ3) is 7.46. The van der Waals surface area contributed by atoms with Gasteiger partial charge in [0.25, 0.3) is 0 Å². The van der Waals surface area contributed by atoms with Crippen molar-refractivity contribution in [2.75, 3.05) is 0 Å². The zero-order valence-corrected chi connectivity index (χ0v) is 10.1. The van der Waals surface area contributed by atoms with Crippen LogP contribution in [0.25, 0.3) is 0 Å². The number of carbonyl (C=O) groups excluding carboxylic acids is 2. The molecule has 4 N–H and O–H groups in total. The van der Waals surface area contributed by atoms with Crippen molar-refractivity contribution in [1.29, 1.82) is 0 Å². The second kappa shape index (κ2) is 7.78. The summed E-state index contributed by atoms with van der Waals surface area (Å²) in [6, 6.07) is -1.69. The number of nitrogens with two attached hydrogens (primary N) is 1. The molecule has 0 aliphatic rings. The van der Waals surface area contributed by atoms with E-state index in [0.29, 0.717) is 6.42 Å². The molecule has 0 aromatic heterocycles. The quantitative estimate of drug-likeness (QED) is 0.548. The Kier molecular flexibility index (Phi) is 7.13. The first kappa shape index (κ1) is 15.6. The Balaban J connectivity index is 3.99. The number of carbonyl (C=O) groups is 2. The number of hydrogen-bond donors (Lipinski definition) is 3. The zero-order valence-electron chi connectivity index (χ0n) is 10.1. The van der Waals surface area contributed by atoms with E-state index in [0.717, 1.165) is 0 Å². The number of rotatable bonds is 8. The van der Waals surface area contributed by atoms with Gasteiger partial charge < -0.3 is 16.2 Å². The molecule has 0 aromatic rings. The molecule has 0 aromatic carbocycles. The summed E-state index contributed by atoms with van der Waals surface area (Å²) in [5, 5.41) is 11.0. The molecule has 1 radical (unpaired) electrons. The second-order valence-electron chi connectivity index (χ2n) is 4.35. The summed E-state index contributed by atoms with van der Waals surface area (Å²) in [5.41, 5.74) is 5.25. The molecule has 0 saturated carbocycles. The van der Waals surface area contributed by atoms with E-state index < -0.39 is 18.1 Å². The second-order valence-corrected chi connectivity index (χ2v) is 4.35. The van der Waals surface area contributed by atoms with Crippen molar-refractivity contribution in [3.8, 4) is 0 Å². The fraction of sp³-hybridized carbons (Fsp3) is 0.727. The molecule has 2 atom stereocenters. The van der Waals surface area contributed by atoms with Crippen LogP contribution in [0.15, 0.2) is 0 Å². The van der Waals surface area contributed by atoms with Gasteiger partial charge >= 0.3 is 5.97 Å². The fourth-order valence-corrected chi connectivity index (χ4v) is 1.28. The molecule has 0 saturated heterocycles. The molecule has 0 aliphatic heterocycles. The lowest BCUT2D eigenvalue weighted by molar-refractivity contribution is -0.138. The Labute approximate surface area is 101 Å². The van der Waals surface area contributed by atoms with E-state index in [-0.39, 0.29) is 24.7 Å². The highest BCUT2D eigenvalue weighted by Crippen LogP contribution is 2.03. The summed E-state index contributed by atoms with van der Waals surface area (Å²) in [4.78, 5) is 32.4. The molecule has 0 unspecified atom stereocenters. The predicted octanol–water partition coefficient (Wildman–Crippen LogP) is -0.181. The van der Waals surface area contributed by atoms with Crippen LogP contribution in [0.1, 0.15) is 33.1 Å². The number of hydrogen-bond acceptors (Lipinski definition) is 4. The van der Waals surface area contributed by atoms with Crippen LogP contribution in [0.4, 0.5) is 0 Å². The molecule has 0 rings (SSSR count). The monoisotopic (exact) mass is 243 g/mol. The van der Waals surface area contributed by atoms with Crippen molar-refractivity contribution in [2.45, 2.75) is 45.2 Å². The molecule has 0 bridgehead atoms. The highest BCUT2D eigenvalue weighted by molar-refractivity contribution is 5.81. The van der Waals surface area contributed by atoms with Gasteiger partial charge in [-0.15, -0.1) is 0 Å². The van der Waals surface area contributed by atoms with Gasteiger partial charge in [0.15, 0.2) is 0 Å². The summed E-state index contributed by atoms with van der Waals surface area (Å²) in [5.74, 6) is -1.25. The van der Waals surface area contributed by atoms with Crippen LogP contribution in [-0.4, -0.2) is 35.4 Å². The van der Waals surface area contributed by atoms with Crippen molar-refractivity contribution in [1.82, 2.24) is 5.32 Å². The van der Waals surface area contributed by atoms with E-state index in [1.54, 1.807) is 6.29 Å². The average molecular weight is 243 g/mol. The Morgan fingerprint density at radius 1 is 1.41 bits per heavy atom. The molecular weight excluding hydrogens is 224 g/mol. The van der Waals surface area contributed by atoms with Gasteiger partial charge in [-0.25, -0.2) is 0 Å². The summed E-state index contributed by atoms with van der Waals surface area (Å²) in [6.07, 6.45) is 2.30. The molecule has 0 aliphatic carbocycles. The number of aliphatic carboxylic acids is 1. The first-order valence-electron chi connectivity index (χ1n) is 5.52. The highest BCUT2D eigenvalue weighted by atomic mass is 16.4. The molecule has 0 spiro atoms. The molecule has 97 valence electrons. The maximum atomic E-state index is 11.4. The van der Waals surface area contributed by atoms with E-state index >= 15 is 0 Å². The van der Waals surface area contributed by atoms with Gasteiger partial charge in [0.05, 0.1) is 6.04 Å². The van der Waals surface area contributed by atoms with Gasteiger partial charge in [0.1, 0.15) is 6.04 Å². The third-order valence-corrected chi connectivity index (χ3v) is 2.18. The lowest BCUT2D eigenvalue weighted by atomic mass is 10.0. The van der Waals surface area contributed by atoms with Crippen LogP contribution in [0.5, 0.6) is 0 Å². The number of carboxylic acid groups (broad SMARTS) is 1. The summed E-state index contributed by atoms with van der Waals surface area (Å²) < 4.78 is 0. The third-order valence-electron chi connectivity index (χ3n) is 2.18. The molecule has 0 fully saturated rings. The Morgan fingerprint density at radius 2 is 2.00 bits per heavy atom. The first-order chi connectivity index (χ1) is 7.86. The molecule has 0 heterocycles. The Morgan fingerprint density at radius 3 is 2.41 bits per heavy atom. The van der Waals surface area contributed by atoms with Crippen LogP contribution in [0.3, 0.4) is 0 Å². The van der Waals surface area contributed by atoms with Crippen molar-refractivity contribution in [2.24, 2.45) is 11.7 Å². The van der Waals surface area contributed by atoms with E-state index in [2.05, 4.69) is 5.32 Å². The lowest BCUT2D eigenvalue weighted by Gasteiger charge is -2.14. The first-order valence-corrected chi connectivity index (χ1v) is 5.52. The van der Waals surface area contributed by atoms with E-state index in [4.69, 9.17) is 10.8 Å². The molecule has 17 heavy (non-hydrogen) atoms. The van der Waals surface area contributed by atoms with Gasteiger partial charge in [0, 0.05) is 6.42 Å². The van der Waals surface area contributed by atoms with Crippen LogP contribution in [0, 0.1) is 5.92 Å². The maximum absolute atomic E-state index is 11.4. The Bertz CT molecular complexity index is 279. The normalized spacial score (nSPS) is 14.1. The smallest absolute Gasteiger partial charge is 0.320 e. The average Bonchev–Trinajstić information content (AvgIpc) is 2.23. The highest BCUT2D eigenvalue weighted by Gasteiger charge is 2.17. The van der Waals surface area contributed by atoms with E-state index in [1.165, 1.54) is 0 Å². The van der Waals surface area contributed by atoms with Crippen molar-refractivity contribution < 1.29 is 19.5 Å². The molecule has 6 nitrogen and oxygen atoms in total. The van der Waals surface area contributed by atoms with Crippen molar-refractivity contribution in [3.63, 3.8) is 0 Å². The molecule has 1 amide bonds. The van der Waals surface area contributed by atoms with Crippen molar-refractivity contribution >= 4 is 18.2 Å². The Hall–Kier alpha value is -1.43. The summed E-state index contributed by atoms with van der Waals surface area (Å²) >= 11 is 0. The van der Waals surface area contributed by atoms with Gasteiger partial charge in [-0.2, -0.15) is 0 Å². The SMILES string of the molecule is CC(C)C[C@@H]([C]=O)NC(=O)CC[C@H](N)C(=O)O. The van der Waals surface area contributed by atoms with Gasteiger partial charge in [0.2, 0.25) is 12.2 Å². The molecular formula is C11H19N2O4. The summed E-state index contributed by atoms with van der Waals surface area (Å²) in [7, 11) is 0. The van der Waals surface area contributed by atoms with Gasteiger partial charge in [-0.1, -0.05) is 13.8 Å². The number of nitrogens with one attached hydrogen (secondary N) is 1. The number of amides is 1. The maximum Gasteiger partial charge on any atom is 0.320 e. The van der Waals surface area contributed by atoms with E-state index in [9.17, 15) is 14.4 Å². The van der Waals surface area contributed by atoms with E-state index in [1.807, 2.05) is 13.8 Å². The van der Waals surface area contributed by atoms with Crippen molar-refractivity contribution in [3.05, 3.63) is 0 Å². The van der Waals surface area contributed by atoms with Crippen LogP contribution < -0.4 is 11.1 Å². The predicted molar refractivity (Wildman–Crippen MR) is 61.9 cm³/mol. The lowest BCUT2D eigenvalue weighted by Crippen LogP contribution is -2.38. The zero-order chi connectivity index (χ0) is 13.4. The standard InChI is InChI=1S/C11H19N2O4/c1-7(2)5-8(6-14)13-10(15)4-3-9(12)11(16)17/h7-9H,3-5,12H2,1-2H3,(H,13,15)(H,16,17)/t8-,9-/m0/s1. The van der Waals surface area contributed by atoms with Crippen LogP contribution >= 0.6 is 0 Å². The minimum atomic E-state index is -1.14. The molecule has 6 heteroatoms. The fourth-order valence-electron chi connectivity index (χ4n) is 1.28. The number of carboxylic acids is 1. The van der Waals surface area contributed by atoms with Crippen LogP contribution in [0.2, 0.25) is 0 Å². The van der Waals surface area contributed by atoms with Gasteiger partial charge in [-0.3, -0.25) is 14.4 Å². The largest absolute Gasteiger partial charge is 0.480 e. The minimum Gasteiger partial charge on any atom is -0.480 e. The topological polar surface area (TPSA) is 109 Å². The van der Waals surface area contributed by atoms with Crippen LogP contribution in [-0.2, 0) is 14.4 Å². The minimum absolute atomic E-state index is 0.0102. The summed E-state index contributed by atoms with van der Waals surface area (Å²) in [6.45, 7) is 3.85. The van der Waals surface area contributed by atoms with Gasteiger partial charge in [-0.05, 0) is 18.8 Å².